The van der Waals surface area contributed by atoms with Crippen LogP contribution in [0.5, 0.6) is 17.2 Å². The smallest absolute Gasteiger partial charge is 0.169 e. The van der Waals surface area contributed by atoms with E-state index in [-0.39, 0.29) is 5.75 Å². The van der Waals surface area contributed by atoms with Gasteiger partial charge in [0, 0.05) is 16.3 Å². The van der Waals surface area contributed by atoms with E-state index >= 15 is 0 Å². The molecule has 0 spiro atoms. The van der Waals surface area contributed by atoms with E-state index in [1.54, 1.807) is 26.4 Å². The zero-order valence-corrected chi connectivity index (χ0v) is 14.1. The molecule has 0 saturated heterocycles. The molecule has 2 heterocycles. The Bertz CT molecular complexity index is 1080. The lowest BCUT2D eigenvalue weighted by atomic mass is 10.00. The van der Waals surface area contributed by atoms with Gasteiger partial charge in [-0.15, -0.1) is 0 Å². The summed E-state index contributed by atoms with van der Waals surface area (Å²) in [5.41, 5.74) is 3.20. The van der Waals surface area contributed by atoms with Crippen LogP contribution < -0.4 is 9.47 Å². The summed E-state index contributed by atoms with van der Waals surface area (Å²) in [6.07, 6.45) is 0. The van der Waals surface area contributed by atoms with E-state index < -0.39 is 0 Å². The first kappa shape index (κ1) is 15.3. The van der Waals surface area contributed by atoms with Gasteiger partial charge in [-0.25, -0.2) is 4.98 Å². The van der Waals surface area contributed by atoms with Crippen LogP contribution in [0.2, 0.25) is 0 Å². The summed E-state index contributed by atoms with van der Waals surface area (Å²) in [5.74, 6) is 1.52. The Balaban J connectivity index is 2.19. The van der Waals surface area contributed by atoms with Crippen molar-refractivity contribution in [2.24, 2.45) is 0 Å². The van der Waals surface area contributed by atoms with E-state index in [1.807, 2.05) is 31.2 Å². The van der Waals surface area contributed by atoms with Crippen molar-refractivity contribution in [1.29, 1.82) is 0 Å². The number of nitrogens with zero attached hydrogens (tertiary/aromatic N) is 2. The number of pyridine rings is 1. The first-order chi connectivity index (χ1) is 12.1. The van der Waals surface area contributed by atoms with Crippen LogP contribution in [0.4, 0.5) is 0 Å². The molecule has 6 heteroatoms. The van der Waals surface area contributed by atoms with Crippen molar-refractivity contribution in [2.75, 3.05) is 14.2 Å². The second-order valence-electron chi connectivity index (χ2n) is 5.76. The minimum atomic E-state index is 0.214. The molecule has 0 fully saturated rings. The molecule has 2 aromatic carbocycles. The fourth-order valence-electron chi connectivity index (χ4n) is 3.18. The van der Waals surface area contributed by atoms with Crippen molar-refractivity contribution in [2.45, 2.75) is 6.92 Å². The van der Waals surface area contributed by atoms with Crippen LogP contribution in [0.15, 0.2) is 36.4 Å². The lowest BCUT2D eigenvalue weighted by Crippen LogP contribution is -1.95. The molecule has 0 saturated carbocycles. The minimum Gasteiger partial charge on any atom is -0.508 e. The van der Waals surface area contributed by atoms with Gasteiger partial charge in [0.25, 0.3) is 0 Å². The number of aromatic hydroxyl groups is 1. The lowest BCUT2D eigenvalue weighted by molar-refractivity contribution is 0.359. The molecule has 4 aromatic rings. The number of hydrogen-bond donors (Lipinski definition) is 2. The Kier molecular flexibility index (Phi) is 3.46. The van der Waals surface area contributed by atoms with Gasteiger partial charge in [-0.1, -0.05) is 0 Å². The zero-order chi connectivity index (χ0) is 17.6. The van der Waals surface area contributed by atoms with Gasteiger partial charge in [0.05, 0.1) is 31.0 Å². The quantitative estimate of drug-likeness (QED) is 0.595. The van der Waals surface area contributed by atoms with Gasteiger partial charge >= 0.3 is 0 Å². The van der Waals surface area contributed by atoms with Crippen LogP contribution >= 0.6 is 0 Å². The second kappa shape index (κ2) is 5.66. The van der Waals surface area contributed by atoms with Gasteiger partial charge in [0.15, 0.2) is 17.1 Å². The highest BCUT2D eigenvalue weighted by molar-refractivity contribution is 6.14. The average molecular weight is 335 g/mol. The number of phenols is 1. The van der Waals surface area contributed by atoms with Crippen molar-refractivity contribution in [3.05, 3.63) is 42.1 Å². The third-order valence-electron chi connectivity index (χ3n) is 4.34. The summed E-state index contributed by atoms with van der Waals surface area (Å²) >= 11 is 0. The molecule has 126 valence electrons. The molecule has 2 aromatic heterocycles. The maximum Gasteiger partial charge on any atom is 0.169 e. The number of ether oxygens (including phenoxy) is 2. The van der Waals surface area contributed by atoms with Crippen LogP contribution in [0, 0.1) is 6.92 Å². The van der Waals surface area contributed by atoms with Crippen LogP contribution in [0.1, 0.15) is 5.69 Å². The summed E-state index contributed by atoms with van der Waals surface area (Å²) in [7, 11) is 3.24. The number of fused-ring (bicyclic) bond motifs is 3. The molecule has 0 aliphatic carbocycles. The molecule has 6 nitrogen and oxygen atoms in total. The van der Waals surface area contributed by atoms with Crippen molar-refractivity contribution in [3.8, 4) is 28.5 Å². The first-order valence-corrected chi connectivity index (χ1v) is 7.82. The molecule has 0 bridgehead atoms. The third-order valence-corrected chi connectivity index (χ3v) is 4.34. The summed E-state index contributed by atoms with van der Waals surface area (Å²) in [5, 5.41) is 19.6. The number of H-pyrrole nitrogens is 1. The van der Waals surface area contributed by atoms with Crippen LogP contribution in [0.25, 0.3) is 33.1 Å². The highest BCUT2D eigenvalue weighted by atomic mass is 16.5. The van der Waals surface area contributed by atoms with Crippen molar-refractivity contribution in [3.63, 3.8) is 0 Å². The molecule has 25 heavy (non-hydrogen) atoms. The Morgan fingerprint density at radius 1 is 0.960 bits per heavy atom. The van der Waals surface area contributed by atoms with E-state index in [9.17, 15) is 5.11 Å². The highest BCUT2D eigenvalue weighted by Crippen LogP contribution is 2.43. The Morgan fingerprint density at radius 3 is 2.40 bits per heavy atom. The van der Waals surface area contributed by atoms with Crippen LogP contribution in [0.3, 0.4) is 0 Å². The van der Waals surface area contributed by atoms with Gasteiger partial charge < -0.3 is 14.6 Å². The molecule has 0 amide bonds. The average Bonchev–Trinajstić information content (AvgIpc) is 3.01. The van der Waals surface area contributed by atoms with Gasteiger partial charge in [-0.05, 0) is 43.3 Å². The van der Waals surface area contributed by atoms with Gasteiger partial charge in [0.1, 0.15) is 5.75 Å². The number of hydrogen-bond acceptors (Lipinski definition) is 5. The van der Waals surface area contributed by atoms with E-state index in [0.717, 1.165) is 33.1 Å². The fraction of sp³-hybridized carbons (Fsp3) is 0.158. The number of aromatic nitrogens is 3. The van der Waals surface area contributed by atoms with E-state index in [4.69, 9.17) is 14.5 Å². The number of nitrogens with one attached hydrogen (secondary N) is 1. The number of phenolic OH excluding ortho intramolecular Hbond substituents is 1. The van der Waals surface area contributed by atoms with Gasteiger partial charge in [-0.2, -0.15) is 5.10 Å². The number of methoxy groups -OCH3 is 2. The minimum absolute atomic E-state index is 0.214. The molecule has 0 aliphatic rings. The topological polar surface area (TPSA) is 80.3 Å². The molecular weight excluding hydrogens is 318 g/mol. The van der Waals surface area contributed by atoms with E-state index in [1.165, 1.54) is 0 Å². The SMILES string of the molecule is COc1ccc2c(-c3ccc(O)cc3)nc3[nH]nc(C)c3c2c1OC. The molecule has 4 rings (SSSR count). The Labute approximate surface area is 144 Å². The van der Waals surface area contributed by atoms with Crippen LogP contribution in [-0.4, -0.2) is 34.5 Å². The molecular formula is C19H17N3O3. The van der Waals surface area contributed by atoms with E-state index in [2.05, 4.69) is 10.2 Å². The molecule has 0 unspecified atom stereocenters. The molecule has 2 N–H and O–H groups in total. The Hall–Kier alpha value is -3.28. The fourth-order valence-corrected chi connectivity index (χ4v) is 3.18. The maximum absolute atomic E-state index is 9.57. The largest absolute Gasteiger partial charge is 0.508 e. The first-order valence-electron chi connectivity index (χ1n) is 7.82. The predicted molar refractivity (Wildman–Crippen MR) is 96.3 cm³/mol. The molecule has 0 aliphatic heterocycles. The van der Waals surface area contributed by atoms with Gasteiger partial charge in [0.2, 0.25) is 0 Å². The van der Waals surface area contributed by atoms with Crippen molar-refractivity contribution < 1.29 is 14.6 Å². The second-order valence-corrected chi connectivity index (χ2v) is 5.76. The van der Waals surface area contributed by atoms with Gasteiger partial charge in [-0.3, -0.25) is 5.10 Å². The lowest BCUT2D eigenvalue weighted by Gasteiger charge is -2.14. The number of aryl methyl sites for hydroxylation is 1. The molecule has 0 atom stereocenters. The summed E-state index contributed by atoms with van der Waals surface area (Å²) < 4.78 is 11.1. The highest BCUT2D eigenvalue weighted by Gasteiger charge is 2.20. The third kappa shape index (κ3) is 2.26. The van der Waals surface area contributed by atoms with E-state index in [0.29, 0.717) is 17.1 Å². The van der Waals surface area contributed by atoms with Crippen LogP contribution in [-0.2, 0) is 0 Å². The summed E-state index contributed by atoms with van der Waals surface area (Å²) in [6.45, 7) is 1.93. The normalized spacial score (nSPS) is 11.2. The molecule has 0 radical (unpaired) electrons. The summed E-state index contributed by atoms with van der Waals surface area (Å²) in [4.78, 5) is 4.76. The number of aromatic amines is 1. The Morgan fingerprint density at radius 2 is 1.72 bits per heavy atom. The predicted octanol–water partition coefficient (Wildman–Crippen LogP) is 3.81. The van der Waals surface area contributed by atoms with Crippen molar-refractivity contribution in [1.82, 2.24) is 15.2 Å². The zero-order valence-electron chi connectivity index (χ0n) is 14.1. The monoisotopic (exact) mass is 335 g/mol. The maximum atomic E-state index is 9.57. The number of rotatable bonds is 3. The standard InChI is InChI=1S/C19H17N3O3/c1-10-15-16-13(8-9-14(24-2)18(16)25-3)17(20-19(15)22-21-10)11-4-6-12(23)7-5-11/h4-9,23H,1-3H3,(H,20,21,22). The number of benzene rings is 2. The summed E-state index contributed by atoms with van der Waals surface area (Å²) in [6, 6.07) is 10.8. The van der Waals surface area contributed by atoms with Crippen molar-refractivity contribution >= 4 is 21.8 Å².